The lowest BCUT2D eigenvalue weighted by Crippen LogP contribution is -2.48. The van der Waals surface area contributed by atoms with Crippen molar-refractivity contribution >= 4 is 58.2 Å². The summed E-state index contributed by atoms with van der Waals surface area (Å²) in [5, 5.41) is 6.49. The van der Waals surface area contributed by atoms with Gasteiger partial charge in [0.25, 0.3) is 5.91 Å². The summed E-state index contributed by atoms with van der Waals surface area (Å²) < 4.78 is 5.78. The van der Waals surface area contributed by atoms with E-state index in [4.69, 9.17) is 28.2 Å². The normalized spacial score (nSPS) is 13.3. The number of hydrogen-bond donors (Lipinski definition) is 2. The molecule has 1 aromatic heterocycles. The van der Waals surface area contributed by atoms with Gasteiger partial charge in [0.1, 0.15) is 11.5 Å². The van der Waals surface area contributed by atoms with Crippen molar-refractivity contribution in [2.75, 3.05) is 36.4 Å². The molecule has 202 valence electrons. The highest BCUT2D eigenvalue weighted by Crippen LogP contribution is 2.23. The van der Waals surface area contributed by atoms with Crippen molar-refractivity contribution in [2.45, 2.75) is 0 Å². The lowest BCUT2D eigenvalue weighted by molar-refractivity contribution is -0.115. The van der Waals surface area contributed by atoms with Gasteiger partial charge in [0.15, 0.2) is 5.11 Å². The number of carbonyl (C=O) groups excluding carboxylic acids is 2. The summed E-state index contributed by atoms with van der Waals surface area (Å²) in [7, 11) is 0. The summed E-state index contributed by atoms with van der Waals surface area (Å²) in [6, 6.07) is 28.2. The zero-order chi connectivity index (χ0) is 27.9. The van der Waals surface area contributed by atoms with E-state index in [1.54, 1.807) is 30.3 Å². The van der Waals surface area contributed by atoms with Crippen LogP contribution in [0.1, 0.15) is 16.1 Å². The van der Waals surface area contributed by atoms with Crippen LogP contribution in [-0.2, 0) is 4.79 Å². The van der Waals surface area contributed by atoms with Gasteiger partial charge in [-0.05, 0) is 79.0 Å². The Morgan fingerprint density at radius 3 is 2.25 bits per heavy atom. The number of carbonyl (C=O) groups is 2. The highest BCUT2D eigenvalue weighted by molar-refractivity contribution is 7.80. The van der Waals surface area contributed by atoms with Gasteiger partial charge in [-0.15, -0.1) is 0 Å². The van der Waals surface area contributed by atoms with Crippen LogP contribution in [0.4, 0.5) is 11.4 Å². The summed E-state index contributed by atoms with van der Waals surface area (Å²) in [4.78, 5) is 29.2. The van der Waals surface area contributed by atoms with Crippen molar-refractivity contribution in [3.63, 3.8) is 0 Å². The van der Waals surface area contributed by atoms with Gasteiger partial charge in [-0.1, -0.05) is 41.9 Å². The molecule has 0 saturated carbocycles. The fourth-order valence-electron chi connectivity index (χ4n) is 4.37. The molecule has 4 aromatic rings. The molecule has 1 aliphatic rings. The highest BCUT2D eigenvalue weighted by atomic mass is 35.5. The maximum atomic E-state index is 12.8. The molecule has 7 nitrogen and oxygen atoms in total. The standard InChI is InChI=1S/C31H27ClN4O3S/c32-24-8-6-23(7-9-24)30(38)36-20-18-35(19-21-36)26-12-10-25(11-13-26)33-31(40)34-29(37)17-15-27-14-16-28(39-27)22-4-2-1-3-5-22/h1-17H,18-21H2,(H2,33,34,37,40)/b17-15+. The van der Waals surface area contributed by atoms with Crippen molar-refractivity contribution < 1.29 is 14.0 Å². The number of hydrogen-bond acceptors (Lipinski definition) is 5. The van der Waals surface area contributed by atoms with Crippen LogP contribution in [-0.4, -0.2) is 48.0 Å². The molecule has 1 aliphatic heterocycles. The third-order valence-electron chi connectivity index (χ3n) is 6.47. The molecule has 2 N–H and O–H groups in total. The molecule has 0 radical (unpaired) electrons. The molecular formula is C31H27ClN4O3S. The fraction of sp³-hybridized carbons (Fsp3) is 0.129. The molecule has 5 rings (SSSR count). The van der Waals surface area contributed by atoms with Crippen molar-refractivity contribution in [1.82, 2.24) is 10.2 Å². The predicted molar refractivity (Wildman–Crippen MR) is 164 cm³/mol. The van der Waals surface area contributed by atoms with E-state index in [1.807, 2.05) is 71.6 Å². The number of rotatable bonds is 6. The number of anilines is 2. The Morgan fingerprint density at radius 1 is 0.850 bits per heavy atom. The molecule has 1 fully saturated rings. The topological polar surface area (TPSA) is 77.8 Å². The molecular weight excluding hydrogens is 544 g/mol. The zero-order valence-corrected chi connectivity index (χ0v) is 23.1. The molecule has 9 heteroatoms. The number of nitrogens with zero attached hydrogens (tertiary/aromatic N) is 2. The van der Waals surface area contributed by atoms with Crippen molar-refractivity contribution in [1.29, 1.82) is 0 Å². The van der Waals surface area contributed by atoms with Crippen molar-refractivity contribution in [3.05, 3.63) is 113 Å². The first-order valence-electron chi connectivity index (χ1n) is 12.8. The lowest BCUT2D eigenvalue weighted by atomic mass is 10.1. The van der Waals surface area contributed by atoms with Crippen LogP contribution in [0.5, 0.6) is 0 Å². The molecule has 0 spiro atoms. The van der Waals surface area contributed by atoms with Crippen LogP contribution < -0.4 is 15.5 Å². The quantitative estimate of drug-likeness (QED) is 0.216. The lowest BCUT2D eigenvalue weighted by Gasteiger charge is -2.36. The molecule has 0 bridgehead atoms. The summed E-state index contributed by atoms with van der Waals surface area (Å²) in [6.45, 7) is 2.73. The highest BCUT2D eigenvalue weighted by Gasteiger charge is 2.22. The minimum Gasteiger partial charge on any atom is -0.457 e. The SMILES string of the molecule is O=C(/C=C/c1ccc(-c2ccccc2)o1)NC(=S)Nc1ccc(N2CCN(C(=O)c3ccc(Cl)cc3)CC2)cc1. The van der Waals surface area contributed by atoms with Gasteiger partial charge in [-0.2, -0.15) is 0 Å². The van der Waals surface area contributed by atoms with E-state index in [9.17, 15) is 9.59 Å². The third-order valence-corrected chi connectivity index (χ3v) is 6.93. The Hall–Kier alpha value is -4.40. The van der Waals surface area contributed by atoms with Crippen molar-refractivity contribution in [2.24, 2.45) is 0 Å². The van der Waals surface area contributed by atoms with Gasteiger partial charge in [0, 0.05) is 59.8 Å². The Kier molecular flexibility index (Phi) is 8.59. The molecule has 0 aliphatic carbocycles. The van der Waals surface area contributed by atoms with E-state index < -0.39 is 0 Å². The number of furan rings is 1. The Bertz CT molecular complexity index is 1510. The minimum atomic E-state index is -0.363. The van der Waals surface area contributed by atoms with Gasteiger partial charge in [-0.3, -0.25) is 14.9 Å². The minimum absolute atomic E-state index is 0.0161. The fourth-order valence-corrected chi connectivity index (χ4v) is 4.72. The monoisotopic (exact) mass is 570 g/mol. The molecule has 40 heavy (non-hydrogen) atoms. The summed E-state index contributed by atoms with van der Waals surface area (Å²) in [6.07, 6.45) is 2.98. The number of piperazine rings is 1. The van der Waals surface area contributed by atoms with E-state index in [0.717, 1.165) is 35.8 Å². The second-order valence-corrected chi connectivity index (χ2v) is 10.0. The van der Waals surface area contributed by atoms with Gasteiger partial charge in [0.2, 0.25) is 5.91 Å². The van der Waals surface area contributed by atoms with Crippen molar-refractivity contribution in [3.8, 4) is 11.3 Å². The Balaban J connectivity index is 1.08. The van der Waals surface area contributed by atoms with Crippen LogP contribution >= 0.6 is 23.8 Å². The molecule has 1 saturated heterocycles. The number of amides is 2. The van der Waals surface area contributed by atoms with E-state index in [2.05, 4.69) is 15.5 Å². The Labute approximate surface area is 243 Å². The number of benzene rings is 3. The summed E-state index contributed by atoms with van der Waals surface area (Å²) in [5.41, 5.74) is 3.42. The molecule has 0 atom stereocenters. The maximum absolute atomic E-state index is 12.8. The first-order valence-corrected chi connectivity index (χ1v) is 13.6. The number of halogens is 1. The third kappa shape index (κ3) is 6.97. The van der Waals surface area contributed by atoms with Crippen LogP contribution in [0.3, 0.4) is 0 Å². The zero-order valence-electron chi connectivity index (χ0n) is 21.5. The van der Waals surface area contributed by atoms with E-state index in [0.29, 0.717) is 29.4 Å². The van der Waals surface area contributed by atoms with E-state index in [1.165, 1.54) is 6.08 Å². The van der Waals surface area contributed by atoms with Gasteiger partial charge in [-0.25, -0.2) is 0 Å². The molecule has 3 aromatic carbocycles. The first kappa shape index (κ1) is 27.2. The van der Waals surface area contributed by atoms with Crippen LogP contribution in [0.25, 0.3) is 17.4 Å². The number of thiocarbonyl (C=S) groups is 1. The van der Waals surface area contributed by atoms with Gasteiger partial charge < -0.3 is 19.5 Å². The second kappa shape index (κ2) is 12.6. The number of nitrogens with one attached hydrogen (secondary N) is 2. The first-order chi connectivity index (χ1) is 19.4. The Morgan fingerprint density at radius 2 is 1.55 bits per heavy atom. The molecule has 0 unspecified atom stereocenters. The predicted octanol–water partition coefficient (Wildman–Crippen LogP) is 6.09. The van der Waals surface area contributed by atoms with Crippen LogP contribution in [0.15, 0.2) is 101 Å². The van der Waals surface area contributed by atoms with Gasteiger partial charge >= 0.3 is 0 Å². The van der Waals surface area contributed by atoms with Crippen LogP contribution in [0.2, 0.25) is 5.02 Å². The van der Waals surface area contributed by atoms with Gasteiger partial charge in [0.05, 0.1) is 0 Å². The van der Waals surface area contributed by atoms with Crippen LogP contribution in [0, 0.1) is 0 Å². The van der Waals surface area contributed by atoms with E-state index >= 15 is 0 Å². The largest absolute Gasteiger partial charge is 0.457 e. The second-order valence-electron chi connectivity index (χ2n) is 9.18. The average Bonchev–Trinajstić information content (AvgIpc) is 3.46. The average molecular weight is 571 g/mol. The smallest absolute Gasteiger partial charge is 0.253 e. The molecule has 2 amide bonds. The maximum Gasteiger partial charge on any atom is 0.253 e. The molecule has 2 heterocycles. The summed E-state index contributed by atoms with van der Waals surface area (Å²) >= 11 is 11.2. The van der Waals surface area contributed by atoms with E-state index in [-0.39, 0.29) is 16.9 Å². The summed E-state index contributed by atoms with van der Waals surface area (Å²) in [5.74, 6) is 0.952.